The summed E-state index contributed by atoms with van der Waals surface area (Å²) >= 11 is 16.9. The molecule has 6 unspecified atom stereocenters. The van der Waals surface area contributed by atoms with Gasteiger partial charge in [0.2, 0.25) is 9.70 Å². The number of hydrogen-bond donors (Lipinski definition) is 4. The number of nitrogens with one attached hydrogen (secondary N) is 3. The zero-order chi connectivity index (χ0) is 27.6. The minimum atomic E-state index is -1.73. The smallest absolute Gasteiger partial charge is 0.325 e. The van der Waals surface area contributed by atoms with Crippen LogP contribution in [0.15, 0.2) is 12.2 Å². The van der Waals surface area contributed by atoms with E-state index in [1.165, 1.54) is 5.01 Å². The highest BCUT2D eigenvalue weighted by atomic mass is 35.6. The minimum absolute atomic E-state index is 0.179. The Hall–Kier alpha value is -1.14. The number of esters is 1. The van der Waals surface area contributed by atoms with Crippen LogP contribution in [0, 0.1) is 11.8 Å². The molecule has 0 saturated carbocycles. The van der Waals surface area contributed by atoms with Crippen molar-refractivity contribution in [3.8, 4) is 0 Å². The number of aliphatic hydroxyl groups is 1. The lowest BCUT2D eigenvalue weighted by Gasteiger charge is -2.35. The Labute approximate surface area is 228 Å². The molecular formula is C23H39Cl3N4O6. The van der Waals surface area contributed by atoms with Gasteiger partial charge in [-0.3, -0.25) is 24.7 Å². The van der Waals surface area contributed by atoms with E-state index in [-0.39, 0.29) is 17.9 Å². The first-order valence-electron chi connectivity index (χ1n) is 11.9. The minimum Gasteiger partial charge on any atom is -0.460 e. The van der Waals surface area contributed by atoms with Gasteiger partial charge in [0.05, 0.1) is 12.1 Å². The summed E-state index contributed by atoms with van der Waals surface area (Å²) < 4.78 is 8.67. The molecule has 0 aromatic heterocycles. The fourth-order valence-corrected chi connectivity index (χ4v) is 3.88. The van der Waals surface area contributed by atoms with Crippen LogP contribution in [-0.2, 0) is 23.9 Å². The van der Waals surface area contributed by atoms with Crippen molar-refractivity contribution < 1.29 is 29.0 Å². The number of allylic oxidation sites excluding steroid dienone is 1. The lowest BCUT2D eigenvalue weighted by Crippen LogP contribution is -2.61. The van der Waals surface area contributed by atoms with Gasteiger partial charge in [-0.2, -0.15) is 0 Å². The first-order chi connectivity index (χ1) is 16.7. The molecular weight excluding hydrogens is 535 g/mol. The SMILES string of the molecule is CC=CC(OC)C(C)C(O)NC(C(=O)NC(C)C(=O)N1CCCC(C(=O)OCC(Cl)(Cl)Cl)N1)C(C)C. The molecule has 6 atom stereocenters. The van der Waals surface area contributed by atoms with Gasteiger partial charge < -0.3 is 19.9 Å². The molecule has 208 valence electrons. The molecule has 1 aliphatic rings. The predicted octanol–water partition coefficient (Wildman–Crippen LogP) is 2.06. The summed E-state index contributed by atoms with van der Waals surface area (Å²) in [5.41, 5.74) is 2.83. The van der Waals surface area contributed by atoms with Gasteiger partial charge in [0, 0.05) is 19.6 Å². The van der Waals surface area contributed by atoms with Crippen LogP contribution in [0.4, 0.5) is 0 Å². The Kier molecular flexibility index (Phi) is 14.0. The van der Waals surface area contributed by atoms with E-state index in [9.17, 15) is 19.5 Å². The number of rotatable bonds is 12. The van der Waals surface area contributed by atoms with E-state index in [1.54, 1.807) is 14.0 Å². The molecule has 0 aliphatic carbocycles. The number of nitrogens with zero attached hydrogens (tertiary/aromatic N) is 1. The Balaban J connectivity index is 2.75. The van der Waals surface area contributed by atoms with Crippen LogP contribution < -0.4 is 16.1 Å². The average molecular weight is 574 g/mol. The fraction of sp³-hybridized carbons (Fsp3) is 0.783. The number of alkyl halides is 3. The molecule has 1 heterocycles. The molecule has 10 nitrogen and oxygen atoms in total. The maximum Gasteiger partial charge on any atom is 0.325 e. The van der Waals surface area contributed by atoms with Crippen molar-refractivity contribution in [1.82, 2.24) is 21.1 Å². The molecule has 13 heteroatoms. The zero-order valence-corrected chi connectivity index (χ0v) is 23.9. The van der Waals surface area contributed by atoms with Crippen LogP contribution in [0.2, 0.25) is 0 Å². The van der Waals surface area contributed by atoms with Gasteiger partial charge in [-0.25, -0.2) is 5.43 Å². The number of aliphatic hydroxyl groups excluding tert-OH is 1. The number of amides is 2. The monoisotopic (exact) mass is 572 g/mol. The maximum atomic E-state index is 13.0. The molecule has 0 aromatic carbocycles. The molecule has 0 bridgehead atoms. The number of carbonyl (C=O) groups excluding carboxylic acids is 3. The van der Waals surface area contributed by atoms with Crippen LogP contribution in [0.5, 0.6) is 0 Å². The first kappa shape index (κ1) is 32.9. The molecule has 1 aliphatic heterocycles. The second-order valence-electron chi connectivity index (χ2n) is 9.19. The highest BCUT2D eigenvalue weighted by Gasteiger charge is 2.35. The van der Waals surface area contributed by atoms with Crippen LogP contribution in [0.1, 0.15) is 47.5 Å². The molecule has 2 amide bonds. The van der Waals surface area contributed by atoms with Crippen molar-refractivity contribution in [1.29, 1.82) is 0 Å². The second-order valence-corrected chi connectivity index (χ2v) is 11.7. The standard InChI is InChI=1S/C23H39Cl3N4O6/c1-7-9-17(35-6)14(4)19(31)28-18(13(2)3)20(32)27-15(5)21(33)30-11-8-10-16(29-30)22(34)36-12-23(24,25)26/h7,9,13-19,28-29,31H,8,10-12H2,1-6H3,(H,27,32). The highest BCUT2D eigenvalue weighted by Crippen LogP contribution is 2.26. The summed E-state index contributed by atoms with van der Waals surface area (Å²) in [4.78, 5) is 38.3. The van der Waals surface area contributed by atoms with E-state index in [2.05, 4.69) is 16.1 Å². The van der Waals surface area contributed by atoms with E-state index < -0.39 is 52.5 Å². The molecule has 1 saturated heterocycles. The van der Waals surface area contributed by atoms with E-state index in [4.69, 9.17) is 44.3 Å². The van der Waals surface area contributed by atoms with Crippen LogP contribution in [0.25, 0.3) is 0 Å². The lowest BCUT2D eigenvalue weighted by molar-refractivity contribution is -0.153. The third-order valence-corrected chi connectivity index (χ3v) is 6.14. The number of carbonyl (C=O) groups is 3. The van der Waals surface area contributed by atoms with Crippen LogP contribution in [-0.4, -0.2) is 82.4 Å². The summed E-state index contributed by atoms with van der Waals surface area (Å²) in [6.45, 7) is 8.82. The van der Waals surface area contributed by atoms with Crippen molar-refractivity contribution in [2.75, 3.05) is 20.3 Å². The summed E-state index contributed by atoms with van der Waals surface area (Å²) in [5, 5.41) is 17.6. The summed E-state index contributed by atoms with van der Waals surface area (Å²) in [6, 6.07) is -2.45. The summed E-state index contributed by atoms with van der Waals surface area (Å²) in [6.07, 6.45) is 3.27. The molecule has 0 aromatic rings. The molecule has 0 radical (unpaired) electrons. The van der Waals surface area contributed by atoms with Crippen molar-refractivity contribution in [3.05, 3.63) is 12.2 Å². The normalized spacial score (nSPS) is 21.1. The Morgan fingerprint density at radius 2 is 1.86 bits per heavy atom. The van der Waals surface area contributed by atoms with E-state index in [0.717, 1.165) is 0 Å². The van der Waals surface area contributed by atoms with Crippen LogP contribution in [0.3, 0.4) is 0 Å². The van der Waals surface area contributed by atoms with Crippen molar-refractivity contribution in [3.63, 3.8) is 0 Å². The maximum absolute atomic E-state index is 13.0. The van der Waals surface area contributed by atoms with Gasteiger partial charge in [0.1, 0.15) is 24.9 Å². The van der Waals surface area contributed by atoms with Crippen LogP contribution >= 0.6 is 34.8 Å². The second kappa shape index (κ2) is 15.3. The molecule has 4 N–H and O–H groups in total. The number of ether oxygens (including phenoxy) is 2. The molecule has 1 fully saturated rings. The van der Waals surface area contributed by atoms with Gasteiger partial charge in [0.15, 0.2) is 0 Å². The fourth-order valence-electron chi connectivity index (χ4n) is 3.71. The third kappa shape index (κ3) is 10.7. The highest BCUT2D eigenvalue weighted by molar-refractivity contribution is 6.67. The van der Waals surface area contributed by atoms with Crippen molar-refractivity contribution in [2.24, 2.45) is 11.8 Å². The number of hydrazine groups is 1. The molecule has 1 rings (SSSR count). The van der Waals surface area contributed by atoms with Gasteiger partial charge in [0.25, 0.3) is 5.91 Å². The number of methoxy groups -OCH3 is 1. The summed E-state index contributed by atoms with van der Waals surface area (Å²) in [7, 11) is 1.55. The number of halogens is 3. The first-order valence-corrected chi connectivity index (χ1v) is 13.1. The Morgan fingerprint density at radius 3 is 2.39 bits per heavy atom. The van der Waals surface area contributed by atoms with Gasteiger partial charge in [-0.05, 0) is 32.6 Å². The van der Waals surface area contributed by atoms with E-state index >= 15 is 0 Å². The van der Waals surface area contributed by atoms with Crippen molar-refractivity contribution in [2.45, 2.75) is 81.7 Å². The predicted molar refractivity (Wildman–Crippen MR) is 139 cm³/mol. The van der Waals surface area contributed by atoms with Gasteiger partial charge in [-0.1, -0.05) is 67.7 Å². The van der Waals surface area contributed by atoms with Gasteiger partial charge in [-0.15, -0.1) is 0 Å². The largest absolute Gasteiger partial charge is 0.460 e. The average Bonchev–Trinajstić information content (AvgIpc) is 2.82. The van der Waals surface area contributed by atoms with Gasteiger partial charge >= 0.3 is 5.97 Å². The Morgan fingerprint density at radius 1 is 1.22 bits per heavy atom. The van der Waals surface area contributed by atoms with E-state index in [1.807, 2.05) is 39.8 Å². The quantitative estimate of drug-likeness (QED) is 0.121. The Bertz CT molecular complexity index is 765. The topological polar surface area (TPSA) is 129 Å². The molecule has 36 heavy (non-hydrogen) atoms. The lowest BCUT2D eigenvalue weighted by atomic mass is 9.98. The summed E-state index contributed by atoms with van der Waals surface area (Å²) in [5.74, 6) is -2.02. The zero-order valence-electron chi connectivity index (χ0n) is 21.6. The third-order valence-electron chi connectivity index (χ3n) is 5.81. The molecule has 0 spiro atoms. The number of hydrogen-bond acceptors (Lipinski definition) is 8. The van der Waals surface area contributed by atoms with Crippen molar-refractivity contribution >= 4 is 52.6 Å². The van der Waals surface area contributed by atoms with E-state index in [0.29, 0.717) is 19.4 Å².